The van der Waals surface area contributed by atoms with Gasteiger partial charge in [-0.05, 0) is 57.7 Å². The number of hydrogen-bond acceptors (Lipinski definition) is 4. The zero-order chi connectivity index (χ0) is 25.0. The Morgan fingerprint density at radius 1 is 1.09 bits per heavy atom. The van der Waals surface area contributed by atoms with E-state index in [9.17, 15) is 23.6 Å². The number of imide groups is 1. The molecule has 0 bridgehead atoms. The Morgan fingerprint density at radius 3 is 2.15 bits per heavy atom. The van der Waals surface area contributed by atoms with Crippen LogP contribution in [0.15, 0.2) is 36.4 Å². The Bertz CT molecular complexity index is 941. The van der Waals surface area contributed by atoms with Crippen molar-refractivity contribution in [3.8, 4) is 0 Å². The van der Waals surface area contributed by atoms with Crippen molar-refractivity contribution >= 4 is 23.6 Å². The van der Waals surface area contributed by atoms with E-state index < -0.39 is 11.6 Å². The summed E-state index contributed by atoms with van der Waals surface area (Å²) >= 11 is 0. The Morgan fingerprint density at radius 2 is 1.65 bits per heavy atom. The van der Waals surface area contributed by atoms with E-state index in [0.29, 0.717) is 24.8 Å². The minimum atomic E-state index is -0.742. The summed E-state index contributed by atoms with van der Waals surface area (Å²) in [4.78, 5) is 54.6. The number of carbonyl (C=O) groups excluding carboxylic acids is 4. The van der Waals surface area contributed by atoms with Crippen molar-refractivity contribution in [1.82, 2.24) is 15.1 Å². The molecule has 0 saturated carbocycles. The molecule has 1 saturated heterocycles. The molecule has 0 aromatic heterocycles. The normalized spacial score (nSPS) is 20.8. The lowest BCUT2D eigenvalue weighted by molar-refractivity contribution is -0.144. The summed E-state index contributed by atoms with van der Waals surface area (Å²) in [6, 6.07) is 5.04. The molecule has 0 unspecified atom stereocenters. The van der Waals surface area contributed by atoms with Crippen molar-refractivity contribution in [1.29, 1.82) is 0 Å². The highest BCUT2D eigenvalue weighted by Crippen LogP contribution is 2.35. The van der Waals surface area contributed by atoms with Gasteiger partial charge in [0.05, 0.1) is 11.8 Å². The lowest BCUT2D eigenvalue weighted by atomic mass is 9.85. The topological polar surface area (TPSA) is 86.8 Å². The van der Waals surface area contributed by atoms with E-state index in [4.69, 9.17) is 0 Å². The number of allylic oxidation sites excluding steroid dienone is 2. The first-order valence-corrected chi connectivity index (χ1v) is 11.9. The van der Waals surface area contributed by atoms with Crippen LogP contribution in [0, 0.1) is 17.7 Å². The summed E-state index contributed by atoms with van der Waals surface area (Å²) in [5, 5.41) is 2.93. The zero-order valence-corrected chi connectivity index (χ0v) is 20.3. The van der Waals surface area contributed by atoms with E-state index in [0.717, 1.165) is 0 Å². The molecule has 184 valence electrons. The fraction of sp³-hybridized carbons (Fsp3) is 0.538. The molecule has 4 amide bonds. The predicted octanol–water partition coefficient (Wildman–Crippen LogP) is 3.19. The van der Waals surface area contributed by atoms with Gasteiger partial charge in [-0.15, -0.1) is 0 Å². The first kappa shape index (κ1) is 25.6. The number of rotatable bonds is 8. The molecule has 1 aliphatic carbocycles. The van der Waals surface area contributed by atoms with E-state index >= 15 is 0 Å². The quantitative estimate of drug-likeness (QED) is 0.466. The molecule has 0 spiro atoms. The summed E-state index contributed by atoms with van der Waals surface area (Å²) < 4.78 is 13.4. The van der Waals surface area contributed by atoms with Gasteiger partial charge in [0.1, 0.15) is 11.9 Å². The average molecular weight is 472 g/mol. The minimum absolute atomic E-state index is 0.0132. The maximum Gasteiger partial charge on any atom is 0.243 e. The number of nitrogens with zero attached hydrogens (tertiary/aromatic N) is 2. The van der Waals surface area contributed by atoms with Crippen LogP contribution in [0.4, 0.5) is 4.39 Å². The maximum atomic E-state index is 13.4. The molecular weight excluding hydrogens is 437 g/mol. The van der Waals surface area contributed by atoms with Crippen LogP contribution in [0.3, 0.4) is 0 Å². The van der Waals surface area contributed by atoms with E-state index in [1.165, 1.54) is 21.9 Å². The van der Waals surface area contributed by atoms with Gasteiger partial charge in [-0.1, -0.05) is 31.2 Å². The summed E-state index contributed by atoms with van der Waals surface area (Å²) in [5.74, 6) is -2.15. The van der Waals surface area contributed by atoms with Crippen molar-refractivity contribution in [3.63, 3.8) is 0 Å². The molecule has 2 aliphatic rings. The summed E-state index contributed by atoms with van der Waals surface area (Å²) in [6.45, 7) is 7.52. The molecule has 1 heterocycles. The number of likely N-dealkylation sites (tertiary alicyclic amines) is 1. The first-order valence-electron chi connectivity index (χ1n) is 11.9. The third-order valence-electron chi connectivity index (χ3n) is 6.30. The summed E-state index contributed by atoms with van der Waals surface area (Å²) in [6.07, 6.45) is 5.23. The number of carbonyl (C=O) groups is 4. The number of nitrogens with one attached hydrogen (secondary N) is 1. The van der Waals surface area contributed by atoms with Crippen LogP contribution < -0.4 is 5.32 Å². The Kier molecular flexibility index (Phi) is 7.89. The average Bonchev–Trinajstić information content (AvgIpc) is 3.02. The maximum absolute atomic E-state index is 13.4. The molecular formula is C26H34FN3O4. The molecule has 0 radical (unpaired) electrons. The Balaban J connectivity index is 1.77. The highest BCUT2D eigenvalue weighted by molar-refractivity contribution is 6.05. The minimum Gasteiger partial charge on any atom is -0.350 e. The monoisotopic (exact) mass is 471 g/mol. The third kappa shape index (κ3) is 5.90. The van der Waals surface area contributed by atoms with E-state index in [2.05, 4.69) is 5.32 Å². The number of fused-ring (bicyclic) bond motifs is 1. The van der Waals surface area contributed by atoms with Gasteiger partial charge in [0, 0.05) is 25.0 Å². The van der Waals surface area contributed by atoms with Crippen LogP contribution in [-0.4, -0.2) is 51.6 Å². The molecule has 1 aromatic rings. The van der Waals surface area contributed by atoms with Crippen molar-refractivity contribution in [2.75, 3.05) is 6.54 Å². The van der Waals surface area contributed by atoms with Crippen LogP contribution in [0.2, 0.25) is 0 Å². The van der Waals surface area contributed by atoms with Crippen molar-refractivity contribution in [2.45, 2.75) is 71.5 Å². The van der Waals surface area contributed by atoms with Gasteiger partial charge in [0.15, 0.2) is 0 Å². The molecule has 8 heteroatoms. The second kappa shape index (κ2) is 10.5. The Labute approximate surface area is 200 Å². The molecule has 34 heavy (non-hydrogen) atoms. The smallest absolute Gasteiger partial charge is 0.243 e. The lowest BCUT2D eigenvalue weighted by Gasteiger charge is -2.33. The molecule has 1 N–H and O–H groups in total. The molecule has 1 fully saturated rings. The standard InChI is InChI=1S/C26H34FN3O4/c1-5-21(23(32)28-26(2,3)4)30(16-17-10-12-18(27)13-11-17)22(31)14-15-29-24(33)19-8-6-7-9-20(19)25(29)34/h6-7,10-13,19-21H,5,8-9,14-16H2,1-4H3,(H,28,32)/t19-,20+,21-/m1/s1. The Hall–Kier alpha value is -3.03. The first-order chi connectivity index (χ1) is 16.0. The molecule has 7 nitrogen and oxygen atoms in total. The van der Waals surface area contributed by atoms with Gasteiger partial charge in [0.2, 0.25) is 23.6 Å². The molecule has 1 aliphatic heterocycles. The van der Waals surface area contributed by atoms with Crippen LogP contribution in [0.5, 0.6) is 0 Å². The number of hydrogen-bond donors (Lipinski definition) is 1. The predicted molar refractivity (Wildman–Crippen MR) is 126 cm³/mol. The second-order valence-corrected chi connectivity index (χ2v) is 10.0. The number of amides is 4. The second-order valence-electron chi connectivity index (χ2n) is 10.0. The largest absolute Gasteiger partial charge is 0.350 e. The summed E-state index contributed by atoms with van der Waals surface area (Å²) in [5.41, 5.74) is 0.204. The molecule has 1 aromatic carbocycles. The third-order valence-corrected chi connectivity index (χ3v) is 6.30. The van der Waals surface area contributed by atoms with Gasteiger partial charge >= 0.3 is 0 Å². The zero-order valence-electron chi connectivity index (χ0n) is 20.3. The number of halogens is 1. The van der Waals surface area contributed by atoms with Crippen LogP contribution in [0.25, 0.3) is 0 Å². The fourth-order valence-electron chi connectivity index (χ4n) is 4.60. The molecule has 3 atom stereocenters. The van der Waals surface area contributed by atoms with Gasteiger partial charge in [-0.3, -0.25) is 24.1 Å². The van der Waals surface area contributed by atoms with E-state index in [-0.39, 0.29) is 60.8 Å². The van der Waals surface area contributed by atoms with Crippen molar-refractivity contribution in [3.05, 3.63) is 47.8 Å². The SMILES string of the molecule is CC[C@H](C(=O)NC(C)(C)C)N(Cc1ccc(F)cc1)C(=O)CCN1C(=O)[C@H]2CC=CC[C@H]2C1=O. The van der Waals surface area contributed by atoms with Crippen LogP contribution in [0.1, 0.15) is 58.9 Å². The number of benzene rings is 1. The van der Waals surface area contributed by atoms with Crippen LogP contribution >= 0.6 is 0 Å². The summed E-state index contributed by atoms with van der Waals surface area (Å²) in [7, 11) is 0. The van der Waals surface area contributed by atoms with Gasteiger partial charge < -0.3 is 10.2 Å². The van der Waals surface area contributed by atoms with E-state index in [1.54, 1.807) is 12.1 Å². The van der Waals surface area contributed by atoms with Gasteiger partial charge in [0.25, 0.3) is 0 Å². The highest BCUT2D eigenvalue weighted by atomic mass is 19.1. The van der Waals surface area contributed by atoms with Crippen LogP contribution in [-0.2, 0) is 25.7 Å². The highest BCUT2D eigenvalue weighted by Gasteiger charge is 2.47. The van der Waals surface area contributed by atoms with Gasteiger partial charge in [-0.25, -0.2) is 4.39 Å². The van der Waals surface area contributed by atoms with Crippen molar-refractivity contribution < 1.29 is 23.6 Å². The molecule has 3 rings (SSSR count). The fourth-order valence-corrected chi connectivity index (χ4v) is 4.60. The van der Waals surface area contributed by atoms with E-state index in [1.807, 2.05) is 39.8 Å². The lowest BCUT2D eigenvalue weighted by Crippen LogP contribution is -2.53. The van der Waals surface area contributed by atoms with Gasteiger partial charge in [-0.2, -0.15) is 0 Å². The van der Waals surface area contributed by atoms with Crippen molar-refractivity contribution in [2.24, 2.45) is 11.8 Å².